The van der Waals surface area contributed by atoms with Gasteiger partial charge in [-0.05, 0) is 57.1 Å². The van der Waals surface area contributed by atoms with Crippen LogP contribution in [0.2, 0.25) is 0 Å². The fourth-order valence-corrected chi connectivity index (χ4v) is 2.28. The summed E-state index contributed by atoms with van der Waals surface area (Å²) in [4.78, 5) is 2.40. The first-order valence-electron chi connectivity index (χ1n) is 6.13. The van der Waals surface area contributed by atoms with E-state index in [1.54, 1.807) is 12.1 Å². The lowest BCUT2D eigenvalue weighted by molar-refractivity contribution is 0.233. The Morgan fingerprint density at radius 3 is 2.76 bits per heavy atom. The molecule has 0 radical (unpaired) electrons. The van der Waals surface area contributed by atoms with E-state index in [9.17, 15) is 0 Å². The van der Waals surface area contributed by atoms with Crippen molar-refractivity contribution >= 4 is 0 Å². The highest BCUT2D eigenvalue weighted by atomic mass is 16.5. The van der Waals surface area contributed by atoms with Crippen LogP contribution >= 0.6 is 0 Å². The normalized spacial score (nSPS) is 20.1. The first kappa shape index (κ1) is 11.9. The van der Waals surface area contributed by atoms with Gasteiger partial charge in [-0.25, -0.2) is 0 Å². The molecule has 1 aliphatic rings. The molecule has 0 amide bonds. The van der Waals surface area contributed by atoms with Gasteiger partial charge < -0.3 is 9.64 Å². The summed E-state index contributed by atoms with van der Waals surface area (Å²) in [5.41, 5.74) is 0.674. The molecule has 0 spiro atoms. The van der Waals surface area contributed by atoms with Crippen LogP contribution in [-0.2, 0) is 0 Å². The molecule has 3 heteroatoms. The van der Waals surface area contributed by atoms with Gasteiger partial charge in [-0.1, -0.05) is 0 Å². The summed E-state index contributed by atoms with van der Waals surface area (Å²) in [5.74, 6) is 0.852. The van der Waals surface area contributed by atoms with Gasteiger partial charge in [0.15, 0.2) is 0 Å². The summed E-state index contributed by atoms with van der Waals surface area (Å²) < 4.78 is 5.68. The van der Waals surface area contributed by atoms with Crippen molar-refractivity contribution in [3.05, 3.63) is 29.8 Å². The molecule has 1 aliphatic heterocycles. The largest absolute Gasteiger partial charge is 0.494 e. The molecule has 0 saturated carbocycles. The number of hydrogen-bond donors (Lipinski definition) is 0. The predicted octanol–water partition coefficient (Wildman–Crippen LogP) is 2.42. The molecule has 1 unspecified atom stereocenters. The molecule has 1 atom stereocenters. The lowest BCUT2D eigenvalue weighted by atomic mass is 10.1. The van der Waals surface area contributed by atoms with E-state index in [1.165, 1.54) is 19.4 Å². The van der Waals surface area contributed by atoms with E-state index >= 15 is 0 Å². The average Bonchev–Trinajstić information content (AvgIpc) is 2.76. The minimum Gasteiger partial charge on any atom is -0.494 e. The molecular formula is C14H18N2O. The third-order valence-electron chi connectivity index (χ3n) is 3.37. The van der Waals surface area contributed by atoms with E-state index in [1.807, 2.05) is 12.1 Å². The molecule has 1 aromatic rings. The van der Waals surface area contributed by atoms with Crippen LogP contribution in [-0.4, -0.2) is 31.1 Å². The van der Waals surface area contributed by atoms with Gasteiger partial charge in [-0.3, -0.25) is 0 Å². The Morgan fingerprint density at radius 1 is 1.41 bits per heavy atom. The first-order valence-corrected chi connectivity index (χ1v) is 6.13. The summed E-state index contributed by atoms with van der Waals surface area (Å²) in [5, 5.41) is 8.68. The maximum absolute atomic E-state index is 8.68. The highest BCUT2D eigenvalue weighted by Gasteiger charge is 2.20. The topological polar surface area (TPSA) is 36.3 Å². The minimum absolute atomic E-state index is 0.674. The van der Waals surface area contributed by atoms with Crippen molar-refractivity contribution in [2.24, 2.45) is 0 Å². The van der Waals surface area contributed by atoms with Gasteiger partial charge >= 0.3 is 0 Å². The minimum atomic E-state index is 0.674. The Balaban J connectivity index is 1.76. The van der Waals surface area contributed by atoms with Gasteiger partial charge in [0.2, 0.25) is 0 Å². The summed E-state index contributed by atoms with van der Waals surface area (Å²) in [6.45, 7) is 1.96. The lowest BCUT2D eigenvalue weighted by Gasteiger charge is -2.19. The summed E-state index contributed by atoms with van der Waals surface area (Å²) in [6, 6.07) is 10.1. The Morgan fingerprint density at radius 2 is 2.18 bits per heavy atom. The highest BCUT2D eigenvalue weighted by Crippen LogP contribution is 2.18. The number of hydrogen-bond acceptors (Lipinski definition) is 3. The fourth-order valence-electron chi connectivity index (χ4n) is 2.28. The second-order valence-electron chi connectivity index (χ2n) is 4.55. The van der Waals surface area contributed by atoms with Crippen LogP contribution in [0.1, 0.15) is 24.8 Å². The van der Waals surface area contributed by atoms with Crippen LogP contribution in [0.25, 0.3) is 0 Å². The molecule has 17 heavy (non-hydrogen) atoms. The van der Waals surface area contributed by atoms with E-state index in [0.717, 1.165) is 18.8 Å². The van der Waals surface area contributed by atoms with Gasteiger partial charge in [0.1, 0.15) is 5.75 Å². The number of ether oxygens (including phenoxy) is 1. The zero-order valence-corrected chi connectivity index (χ0v) is 10.2. The Labute approximate surface area is 103 Å². The summed E-state index contributed by atoms with van der Waals surface area (Å²) in [7, 11) is 2.18. The predicted molar refractivity (Wildman–Crippen MR) is 66.9 cm³/mol. The molecule has 0 aliphatic carbocycles. The molecule has 90 valence electrons. The fraction of sp³-hybridized carbons (Fsp3) is 0.500. The monoisotopic (exact) mass is 230 g/mol. The van der Waals surface area contributed by atoms with Crippen molar-refractivity contribution in [2.75, 3.05) is 20.2 Å². The third kappa shape index (κ3) is 3.21. The van der Waals surface area contributed by atoms with Crippen molar-refractivity contribution in [1.82, 2.24) is 4.90 Å². The van der Waals surface area contributed by atoms with Gasteiger partial charge in [0.25, 0.3) is 0 Å². The molecule has 1 heterocycles. The first-order chi connectivity index (χ1) is 8.29. The number of likely N-dealkylation sites (tertiary alicyclic amines) is 1. The van der Waals surface area contributed by atoms with Crippen molar-refractivity contribution in [2.45, 2.75) is 25.3 Å². The van der Waals surface area contributed by atoms with E-state index in [4.69, 9.17) is 10.00 Å². The van der Waals surface area contributed by atoms with Crippen LogP contribution in [0.5, 0.6) is 5.75 Å². The van der Waals surface area contributed by atoms with Gasteiger partial charge in [-0.2, -0.15) is 5.26 Å². The van der Waals surface area contributed by atoms with Crippen LogP contribution in [0.15, 0.2) is 24.3 Å². The molecule has 0 aromatic heterocycles. The molecule has 1 fully saturated rings. The molecule has 2 rings (SSSR count). The number of benzene rings is 1. The number of rotatable bonds is 4. The quantitative estimate of drug-likeness (QED) is 0.797. The maximum Gasteiger partial charge on any atom is 0.119 e. The third-order valence-corrected chi connectivity index (χ3v) is 3.37. The van der Waals surface area contributed by atoms with Crippen LogP contribution in [0.3, 0.4) is 0 Å². The van der Waals surface area contributed by atoms with Gasteiger partial charge in [0, 0.05) is 6.04 Å². The summed E-state index contributed by atoms with van der Waals surface area (Å²) >= 11 is 0. The zero-order valence-electron chi connectivity index (χ0n) is 10.2. The SMILES string of the molecule is CN1CCCC1CCOc1ccc(C#N)cc1. The van der Waals surface area contributed by atoms with E-state index in [-0.39, 0.29) is 0 Å². The zero-order chi connectivity index (χ0) is 12.1. The highest BCUT2D eigenvalue weighted by molar-refractivity contribution is 5.34. The Kier molecular flexibility index (Phi) is 4.00. The standard InChI is InChI=1S/C14H18N2O/c1-16-9-2-3-13(16)8-10-17-14-6-4-12(11-15)5-7-14/h4-7,13H,2-3,8-10H2,1H3. The van der Waals surface area contributed by atoms with E-state index in [2.05, 4.69) is 18.0 Å². The molecule has 3 nitrogen and oxygen atoms in total. The second kappa shape index (κ2) is 5.70. The van der Waals surface area contributed by atoms with Crippen molar-refractivity contribution in [3.63, 3.8) is 0 Å². The molecule has 0 N–H and O–H groups in total. The van der Waals surface area contributed by atoms with Crippen molar-refractivity contribution in [3.8, 4) is 11.8 Å². The smallest absolute Gasteiger partial charge is 0.119 e. The molecule has 1 saturated heterocycles. The summed E-state index contributed by atoms with van der Waals surface area (Å²) in [6.07, 6.45) is 3.67. The van der Waals surface area contributed by atoms with Crippen LogP contribution in [0, 0.1) is 11.3 Å². The van der Waals surface area contributed by atoms with Crippen molar-refractivity contribution < 1.29 is 4.74 Å². The van der Waals surface area contributed by atoms with Crippen molar-refractivity contribution in [1.29, 1.82) is 5.26 Å². The average molecular weight is 230 g/mol. The Hall–Kier alpha value is -1.53. The second-order valence-corrected chi connectivity index (χ2v) is 4.55. The lowest BCUT2D eigenvalue weighted by Crippen LogP contribution is -2.26. The van der Waals surface area contributed by atoms with Crippen LogP contribution in [0.4, 0.5) is 0 Å². The molecule has 1 aromatic carbocycles. The van der Waals surface area contributed by atoms with Gasteiger partial charge in [-0.15, -0.1) is 0 Å². The van der Waals surface area contributed by atoms with E-state index in [0.29, 0.717) is 11.6 Å². The van der Waals surface area contributed by atoms with E-state index < -0.39 is 0 Å². The number of nitrogens with zero attached hydrogens (tertiary/aromatic N) is 2. The van der Waals surface area contributed by atoms with Crippen LogP contribution < -0.4 is 4.74 Å². The number of nitriles is 1. The van der Waals surface area contributed by atoms with Gasteiger partial charge in [0.05, 0.1) is 18.2 Å². The Bertz CT molecular complexity index is 394. The molecular weight excluding hydrogens is 212 g/mol. The molecule has 0 bridgehead atoms. The maximum atomic E-state index is 8.68.